The van der Waals surface area contributed by atoms with E-state index >= 15 is 0 Å². The van der Waals surface area contributed by atoms with Crippen LogP contribution in [0, 0.1) is 0 Å². The largest absolute Gasteiger partial charge is 0.468 e. The number of hydrogen-bond acceptors (Lipinski definition) is 5. The highest BCUT2D eigenvalue weighted by molar-refractivity contribution is 5.78. The number of carbonyl (C=O) groups excluding carboxylic acids is 2. The Labute approximate surface area is 137 Å². The van der Waals surface area contributed by atoms with Gasteiger partial charge in [-0.05, 0) is 12.5 Å². The van der Waals surface area contributed by atoms with Crippen molar-refractivity contribution in [2.75, 3.05) is 39.8 Å². The summed E-state index contributed by atoms with van der Waals surface area (Å²) in [6.45, 7) is 5.89. The summed E-state index contributed by atoms with van der Waals surface area (Å²) in [5.74, 6) is -0.178. The summed E-state index contributed by atoms with van der Waals surface area (Å²) in [4.78, 5) is 27.8. The number of methoxy groups -OCH3 is 1. The van der Waals surface area contributed by atoms with Crippen molar-refractivity contribution in [1.82, 2.24) is 15.1 Å². The van der Waals surface area contributed by atoms with Gasteiger partial charge in [0.1, 0.15) is 6.04 Å². The fourth-order valence-electron chi connectivity index (χ4n) is 2.68. The summed E-state index contributed by atoms with van der Waals surface area (Å²) in [6, 6.07) is 9.64. The zero-order valence-electron chi connectivity index (χ0n) is 13.8. The van der Waals surface area contributed by atoms with Crippen molar-refractivity contribution in [3.05, 3.63) is 35.9 Å². The van der Waals surface area contributed by atoms with Crippen LogP contribution in [-0.4, -0.2) is 67.6 Å². The van der Waals surface area contributed by atoms with Crippen LogP contribution in [0.25, 0.3) is 0 Å². The van der Waals surface area contributed by atoms with Gasteiger partial charge in [-0.15, -0.1) is 0 Å². The zero-order chi connectivity index (χ0) is 16.7. The van der Waals surface area contributed by atoms with E-state index in [1.165, 1.54) is 7.11 Å². The predicted molar refractivity (Wildman–Crippen MR) is 87.8 cm³/mol. The van der Waals surface area contributed by atoms with Crippen molar-refractivity contribution < 1.29 is 14.3 Å². The van der Waals surface area contributed by atoms with Crippen LogP contribution in [0.4, 0.5) is 0 Å². The van der Waals surface area contributed by atoms with E-state index in [-0.39, 0.29) is 17.9 Å². The number of rotatable bonds is 6. The van der Waals surface area contributed by atoms with E-state index < -0.39 is 0 Å². The minimum Gasteiger partial charge on any atom is -0.468 e. The molecule has 0 aromatic heterocycles. The Hall–Kier alpha value is -1.92. The Morgan fingerprint density at radius 2 is 1.83 bits per heavy atom. The highest BCUT2D eigenvalue weighted by atomic mass is 16.5. The maximum Gasteiger partial charge on any atom is 0.322 e. The molecule has 1 fully saturated rings. The lowest BCUT2D eigenvalue weighted by atomic mass is 10.2. The molecule has 1 saturated heterocycles. The van der Waals surface area contributed by atoms with Crippen LogP contribution in [0.1, 0.15) is 12.5 Å². The molecule has 23 heavy (non-hydrogen) atoms. The molecule has 1 atom stereocenters. The van der Waals surface area contributed by atoms with E-state index in [4.69, 9.17) is 4.74 Å². The van der Waals surface area contributed by atoms with Gasteiger partial charge < -0.3 is 10.1 Å². The SMILES string of the molecule is COC(=O)C(C)N1CCN(CC(=O)NCc2ccccc2)CC1. The number of piperazine rings is 1. The van der Waals surface area contributed by atoms with Crippen LogP contribution in [0.5, 0.6) is 0 Å². The number of nitrogens with one attached hydrogen (secondary N) is 1. The van der Waals surface area contributed by atoms with Gasteiger partial charge >= 0.3 is 5.97 Å². The lowest BCUT2D eigenvalue weighted by Gasteiger charge is -2.36. The van der Waals surface area contributed by atoms with E-state index in [2.05, 4.69) is 15.1 Å². The van der Waals surface area contributed by atoms with Crippen LogP contribution in [-0.2, 0) is 20.9 Å². The molecule has 1 aromatic carbocycles. The minimum atomic E-state index is -0.228. The predicted octanol–water partition coefficient (Wildman–Crippen LogP) is 0.482. The van der Waals surface area contributed by atoms with Gasteiger partial charge in [-0.2, -0.15) is 0 Å². The Morgan fingerprint density at radius 3 is 2.43 bits per heavy atom. The van der Waals surface area contributed by atoms with Crippen molar-refractivity contribution in [3.63, 3.8) is 0 Å². The number of hydrogen-bond donors (Lipinski definition) is 1. The first-order chi connectivity index (χ1) is 11.1. The summed E-state index contributed by atoms with van der Waals surface area (Å²) in [5, 5.41) is 2.94. The standard InChI is InChI=1S/C17H25N3O3/c1-14(17(22)23-2)20-10-8-19(9-11-20)13-16(21)18-12-15-6-4-3-5-7-15/h3-7,14H,8-13H2,1-2H3,(H,18,21). The summed E-state index contributed by atoms with van der Waals surface area (Å²) >= 11 is 0. The molecular formula is C17H25N3O3. The molecule has 1 aromatic rings. The minimum absolute atomic E-state index is 0.0309. The molecule has 0 bridgehead atoms. The highest BCUT2D eigenvalue weighted by Gasteiger charge is 2.26. The van der Waals surface area contributed by atoms with Gasteiger partial charge in [-0.3, -0.25) is 19.4 Å². The molecule has 2 rings (SSSR count). The maximum absolute atomic E-state index is 12.0. The van der Waals surface area contributed by atoms with Gasteiger partial charge in [0.25, 0.3) is 0 Å². The number of benzene rings is 1. The van der Waals surface area contributed by atoms with Crippen LogP contribution in [0.2, 0.25) is 0 Å². The zero-order valence-corrected chi connectivity index (χ0v) is 13.8. The van der Waals surface area contributed by atoms with Gasteiger partial charge in [0, 0.05) is 32.7 Å². The van der Waals surface area contributed by atoms with E-state index in [0.717, 1.165) is 31.7 Å². The number of nitrogens with zero attached hydrogens (tertiary/aromatic N) is 2. The van der Waals surface area contributed by atoms with E-state index in [1.54, 1.807) is 0 Å². The van der Waals surface area contributed by atoms with Crippen LogP contribution in [0.15, 0.2) is 30.3 Å². The smallest absolute Gasteiger partial charge is 0.322 e. The quantitative estimate of drug-likeness (QED) is 0.773. The first-order valence-corrected chi connectivity index (χ1v) is 7.95. The molecule has 0 spiro atoms. The van der Waals surface area contributed by atoms with Crippen molar-refractivity contribution in [3.8, 4) is 0 Å². The summed E-state index contributed by atoms with van der Waals surface area (Å²) < 4.78 is 4.77. The Kier molecular flexibility index (Phi) is 6.55. The number of amides is 1. The topological polar surface area (TPSA) is 61.9 Å². The van der Waals surface area contributed by atoms with E-state index in [0.29, 0.717) is 13.1 Å². The second-order valence-corrected chi connectivity index (χ2v) is 5.77. The van der Waals surface area contributed by atoms with Crippen molar-refractivity contribution in [2.45, 2.75) is 19.5 Å². The molecule has 126 valence electrons. The summed E-state index contributed by atoms with van der Waals surface area (Å²) in [6.07, 6.45) is 0. The van der Waals surface area contributed by atoms with Crippen LogP contribution in [0.3, 0.4) is 0 Å². The summed E-state index contributed by atoms with van der Waals surface area (Å²) in [5.41, 5.74) is 1.09. The van der Waals surface area contributed by atoms with Gasteiger partial charge in [0.15, 0.2) is 0 Å². The average molecular weight is 319 g/mol. The van der Waals surface area contributed by atoms with E-state index in [9.17, 15) is 9.59 Å². The Balaban J connectivity index is 1.69. The molecule has 1 aliphatic rings. The molecule has 0 radical (unpaired) electrons. The number of esters is 1. The third-order valence-electron chi connectivity index (χ3n) is 4.20. The highest BCUT2D eigenvalue weighted by Crippen LogP contribution is 2.07. The molecule has 1 heterocycles. The second-order valence-electron chi connectivity index (χ2n) is 5.77. The molecule has 0 aliphatic carbocycles. The van der Waals surface area contributed by atoms with Crippen LogP contribution < -0.4 is 5.32 Å². The number of ether oxygens (including phenoxy) is 1. The number of carbonyl (C=O) groups is 2. The lowest BCUT2D eigenvalue weighted by Crippen LogP contribution is -2.53. The fraction of sp³-hybridized carbons (Fsp3) is 0.529. The molecular weight excluding hydrogens is 294 g/mol. The third-order valence-corrected chi connectivity index (χ3v) is 4.20. The fourth-order valence-corrected chi connectivity index (χ4v) is 2.68. The Bertz CT molecular complexity index is 513. The second kappa shape index (κ2) is 8.64. The normalized spacial score (nSPS) is 17.5. The first-order valence-electron chi connectivity index (χ1n) is 7.95. The molecule has 1 N–H and O–H groups in total. The summed E-state index contributed by atoms with van der Waals surface area (Å²) in [7, 11) is 1.41. The molecule has 1 amide bonds. The lowest BCUT2D eigenvalue weighted by molar-refractivity contribution is -0.147. The maximum atomic E-state index is 12.0. The molecule has 6 heteroatoms. The van der Waals surface area contributed by atoms with Gasteiger partial charge in [-0.1, -0.05) is 30.3 Å². The monoisotopic (exact) mass is 319 g/mol. The Morgan fingerprint density at radius 1 is 1.17 bits per heavy atom. The van der Waals surface area contributed by atoms with Crippen LogP contribution >= 0.6 is 0 Å². The molecule has 1 unspecified atom stereocenters. The molecule has 6 nitrogen and oxygen atoms in total. The van der Waals surface area contributed by atoms with Crippen molar-refractivity contribution in [2.24, 2.45) is 0 Å². The van der Waals surface area contributed by atoms with Gasteiger partial charge in [-0.25, -0.2) is 0 Å². The van der Waals surface area contributed by atoms with Gasteiger partial charge in [0.05, 0.1) is 13.7 Å². The van der Waals surface area contributed by atoms with E-state index in [1.807, 2.05) is 37.3 Å². The average Bonchev–Trinajstić information content (AvgIpc) is 2.60. The third kappa shape index (κ3) is 5.33. The van der Waals surface area contributed by atoms with Crippen molar-refractivity contribution >= 4 is 11.9 Å². The van der Waals surface area contributed by atoms with Crippen molar-refractivity contribution in [1.29, 1.82) is 0 Å². The molecule has 0 saturated carbocycles. The van der Waals surface area contributed by atoms with Gasteiger partial charge in [0.2, 0.25) is 5.91 Å². The molecule has 1 aliphatic heterocycles. The first kappa shape index (κ1) is 17.4.